The highest BCUT2D eigenvalue weighted by molar-refractivity contribution is 7.89. The first-order chi connectivity index (χ1) is 14.2. The lowest BCUT2D eigenvalue weighted by Crippen LogP contribution is -2.50. The number of hydrogen-bond acceptors (Lipinski definition) is 4. The second kappa shape index (κ2) is 9.20. The molecule has 0 atom stereocenters. The third kappa shape index (κ3) is 5.21. The maximum atomic E-state index is 13.7. The Balaban J connectivity index is 1.56. The van der Waals surface area contributed by atoms with E-state index in [1.165, 1.54) is 4.31 Å². The van der Waals surface area contributed by atoms with Gasteiger partial charge >= 0.3 is 0 Å². The third-order valence-corrected chi connectivity index (χ3v) is 7.00. The first-order valence-corrected chi connectivity index (χ1v) is 11.2. The Kier molecular flexibility index (Phi) is 6.84. The Hall–Kier alpha value is -2.36. The fraction of sp³-hybridized carbons (Fsp3) is 0.381. The molecule has 1 heterocycles. The molecule has 3 rings (SSSR count). The van der Waals surface area contributed by atoms with E-state index in [9.17, 15) is 22.0 Å². The van der Waals surface area contributed by atoms with Gasteiger partial charge < -0.3 is 5.32 Å². The van der Waals surface area contributed by atoms with Crippen molar-refractivity contribution in [3.63, 3.8) is 0 Å². The number of halogens is 2. The molecule has 2 aromatic carbocycles. The summed E-state index contributed by atoms with van der Waals surface area (Å²) in [5.41, 5.74) is 0.852. The van der Waals surface area contributed by atoms with Gasteiger partial charge in [-0.25, -0.2) is 17.2 Å². The molecule has 0 unspecified atom stereocenters. The molecule has 1 aliphatic heterocycles. The zero-order chi connectivity index (χ0) is 21.9. The van der Waals surface area contributed by atoms with E-state index in [0.717, 1.165) is 23.8 Å². The number of carbonyl (C=O) groups excluding carboxylic acids is 1. The van der Waals surface area contributed by atoms with Gasteiger partial charge in [-0.05, 0) is 35.7 Å². The average molecular weight is 438 g/mol. The number of anilines is 1. The van der Waals surface area contributed by atoms with E-state index in [1.54, 1.807) is 17.0 Å². The molecule has 9 heteroatoms. The van der Waals surface area contributed by atoms with Crippen LogP contribution in [0.2, 0.25) is 0 Å². The van der Waals surface area contributed by atoms with Crippen LogP contribution in [0.5, 0.6) is 0 Å². The highest BCUT2D eigenvalue weighted by Crippen LogP contribution is 2.21. The molecule has 1 fully saturated rings. The Morgan fingerprint density at radius 2 is 1.67 bits per heavy atom. The molecule has 0 bridgehead atoms. The van der Waals surface area contributed by atoms with Crippen LogP contribution in [-0.4, -0.2) is 56.3 Å². The van der Waals surface area contributed by atoms with Crippen molar-refractivity contribution in [3.8, 4) is 0 Å². The van der Waals surface area contributed by atoms with Crippen molar-refractivity contribution >= 4 is 21.6 Å². The van der Waals surface area contributed by atoms with Gasteiger partial charge in [0, 0.05) is 32.2 Å². The number of piperazine rings is 1. The van der Waals surface area contributed by atoms with Crippen molar-refractivity contribution in [2.75, 3.05) is 38.0 Å². The molecular formula is C21H25F2N3O3S. The summed E-state index contributed by atoms with van der Waals surface area (Å²) >= 11 is 0. The van der Waals surface area contributed by atoms with Gasteiger partial charge in [0.1, 0.15) is 11.6 Å². The molecular weight excluding hydrogens is 412 g/mol. The van der Waals surface area contributed by atoms with Crippen LogP contribution in [0.4, 0.5) is 14.5 Å². The van der Waals surface area contributed by atoms with E-state index in [1.807, 2.05) is 26.0 Å². The normalized spacial score (nSPS) is 16.0. The maximum Gasteiger partial charge on any atom is 0.243 e. The van der Waals surface area contributed by atoms with Crippen molar-refractivity contribution < 1.29 is 22.0 Å². The molecule has 1 N–H and O–H groups in total. The minimum Gasteiger partial charge on any atom is -0.322 e. The Labute approximate surface area is 175 Å². The van der Waals surface area contributed by atoms with Gasteiger partial charge in [0.25, 0.3) is 0 Å². The number of sulfonamides is 1. The van der Waals surface area contributed by atoms with Crippen molar-refractivity contribution in [1.29, 1.82) is 0 Å². The summed E-state index contributed by atoms with van der Waals surface area (Å²) in [6, 6.07) is 9.73. The highest BCUT2D eigenvalue weighted by atomic mass is 32.2. The molecule has 0 saturated carbocycles. The van der Waals surface area contributed by atoms with Crippen molar-refractivity contribution in [3.05, 3.63) is 59.7 Å². The number of carbonyl (C=O) groups is 1. The molecule has 6 nitrogen and oxygen atoms in total. The molecule has 0 spiro atoms. The molecule has 2 aromatic rings. The fourth-order valence-corrected chi connectivity index (χ4v) is 4.71. The quantitative estimate of drug-likeness (QED) is 0.754. The molecule has 30 heavy (non-hydrogen) atoms. The van der Waals surface area contributed by atoms with Gasteiger partial charge in [0.2, 0.25) is 15.9 Å². The first kappa shape index (κ1) is 22.3. The lowest BCUT2D eigenvalue weighted by molar-refractivity contribution is -0.117. The molecule has 1 aliphatic rings. The van der Waals surface area contributed by atoms with Crippen LogP contribution in [0.25, 0.3) is 0 Å². The SMILES string of the molecule is CC(C)c1ccc(S(=O)(=O)N2CCN(CC(=O)Nc3cc(F)ccc3F)CC2)cc1. The summed E-state index contributed by atoms with van der Waals surface area (Å²) in [6.45, 7) is 5.27. The van der Waals surface area contributed by atoms with E-state index >= 15 is 0 Å². The topological polar surface area (TPSA) is 69.7 Å². The zero-order valence-corrected chi connectivity index (χ0v) is 17.8. The number of nitrogens with one attached hydrogen (secondary N) is 1. The van der Waals surface area contributed by atoms with Crippen molar-refractivity contribution in [2.45, 2.75) is 24.7 Å². The summed E-state index contributed by atoms with van der Waals surface area (Å²) in [7, 11) is -3.60. The molecule has 0 aliphatic carbocycles. The van der Waals surface area contributed by atoms with Crippen LogP contribution in [0.1, 0.15) is 25.3 Å². The summed E-state index contributed by atoms with van der Waals surface area (Å²) in [5.74, 6) is -1.53. The number of rotatable bonds is 6. The Morgan fingerprint density at radius 1 is 1.03 bits per heavy atom. The number of amides is 1. The number of nitrogens with zero attached hydrogens (tertiary/aromatic N) is 2. The van der Waals surface area contributed by atoms with Crippen molar-refractivity contribution in [1.82, 2.24) is 9.21 Å². The summed E-state index contributed by atoms with van der Waals surface area (Å²) in [4.78, 5) is 14.2. The molecule has 0 aromatic heterocycles. The second-order valence-electron chi connectivity index (χ2n) is 7.58. The summed E-state index contributed by atoms with van der Waals surface area (Å²) in [6.07, 6.45) is 0. The van der Waals surface area contributed by atoms with Crippen molar-refractivity contribution in [2.24, 2.45) is 0 Å². The zero-order valence-electron chi connectivity index (χ0n) is 16.9. The molecule has 1 saturated heterocycles. The standard InChI is InChI=1S/C21H25F2N3O3S/c1-15(2)16-3-6-18(7-4-16)30(28,29)26-11-9-25(10-12-26)14-21(27)24-20-13-17(22)5-8-19(20)23/h3-8,13,15H,9-12,14H2,1-2H3,(H,24,27). The molecule has 1 amide bonds. The lowest BCUT2D eigenvalue weighted by Gasteiger charge is -2.33. The van der Waals surface area contributed by atoms with Gasteiger partial charge in [0.05, 0.1) is 17.1 Å². The van der Waals surface area contributed by atoms with Crippen LogP contribution >= 0.6 is 0 Å². The van der Waals surface area contributed by atoms with Crippen LogP contribution < -0.4 is 5.32 Å². The van der Waals surface area contributed by atoms with Gasteiger partial charge in [-0.1, -0.05) is 26.0 Å². The van der Waals surface area contributed by atoms with Gasteiger partial charge in [0.15, 0.2) is 0 Å². The monoisotopic (exact) mass is 437 g/mol. The minimum atomic E-state index is -3.60. The smallest absolute Gasteiger partial charge is 0.243 e. The first-order valence-electron chi connectivity index (χ1n) is 9.74. The molecule has 162 valence electrons. The maximum absolute atomic E-state index is 13.7. The van der Waals surface area contributed by atoms with Gasteiger partial charge in [-0.3, -0.25) is 9.69 Å². The largest absolute Gasteiger partial charge is 0.322 e. The highest BCUT2D eigenvalue weighted by Gasteiger charge is 2.29. The summed E-state index contributed by atoms with van der Waals surface area (Å²) in [5, 5.41) is 2.35. The van der Waals surface area contributed by atoms with Crippen LogP contribution in [0.3, 0.4) is 0 Å². The molecule has 0 radical (unpaired) electrons. The van der Waals surface area contributed by atoms with Gasteiger partial charge in [-0.15, -0.1) is 0 Å². The van der Waals surface area contributed by atoms with E-state index in [2.05, 4.69) is 5.32 Å². The van der Waals surface area contributed by atoms with E-state index in [4.69, 9.17) is 0 Å². The van der Waals surface area contributed by atoms with E-state index in [0.29, 0.717) is 19.0 Å². The second-order valence-corrected chi connectivity index (χ2v) is 9.51. The fourth-order valence-electron chi connectivity index (χ4n) is 3.29. The van der Waals surface area contributed by atoms with Gasteiger partial charge in [-0.2, -0.15) is 4.31 Å². The number of hydrogen-bond donors (Lipinski definition) is 1. The average Bonchev–Trinajstić information content (AvgIpc) is 2.71. The third-order valence-electron chi connectivity index (χ3n) is 5.09. The Morgan fingerprint density at radius 3 is 2.27 bits per heavy atom. The lowest BCUT2D eigenvalue weighted by atomic mass is 10.0. The minimum absolute atomic E-state index is 0.0348. The van der Waals surface area contributed by atoms with Crippen LogP contribution in [0, 0.1) is 11.6 Å². The van der Waals surface area contributed by atoms with E-state index < -0.39 is 27.6 Å². The number of benzene rings is 2. The predicted octanol–water partition coefficient (Wildman–Crippen LogP) is 3.03. The summed E-state index contributed by atoms with van der Waals surface area (Å²) < 4.78 is 54.0. The predicted molar refractivity (Wildman–Crippen MR) is 111 cm³/mol. The van der Waals surface area contributed by atoms with E-state index in [-0.39, 0.29) is 30.2 Å². The Bertz CT molecular complexity index is 1000. The van der Waals surface area contributed by atoms with Crippen LogP contribution in [0.15, 0.2) is 47.4 Å². The van der Waals surface area contributed by atoms with Crippen LogP contribution in [-0.2, 0) is 14.8 Å².